The summed E-state index contributed by atoms with van der Waals surface area (Å²) in [5.74, 6) is -0.906. The van der Waals surface area contributed by atoms with E-state index >= 15 is 0 Å². The average Bonchev–Trinajstić information content (AvgIpc) is 3.05. The third-order valence-corrected chi connectivity index (χ3v) is 5.51. The molecule has 0 radical (unpaired) electrons. The van der Waals surface area contributed by atoms with Crippen LogP contribution in [0.4, 0.5) is 10.5 Å². The Kier molecular flexibility index (Phi) is 6.90. The Hall–Kier alpha value is -1.99. The third kappa shape index (κ3) is 5.14. The van der Waals surface area contributed by atoms with Crippen LogP contribution in [0.5, 0.6) is 0 Å². The van der Waals surface area contributed by atoms with Gasteiger partial charge in [-0.1, -0.05) is 52.5 Å². The van der Waals surface area contributed by atoms with Gasteiger partial charge in [-0.15, -0.1) is 0 Å². The molecule has 0 aromatic heterocycles. The van der Waals surface area contributed by atoms with Gasteiger partial charge < -0.3 is 10.6 Å². The summed E-state index contributed by atoms with van der Waals surface area (Å²) in [5.41, 5.74) is 0.950. The number of nitrogens with zero attached hydrogens (tertiary/aromatic N) is 1. The molecule has 2 aromatic carbocycles. The fourth-order valence-electron chi connectivity index (χ4n) is 2.92. The van der Waals surface area contributed by atoms with Gasteiger partial charge in [0.15, 0.2) is 0 Å². The molecule has 0 unspecified atom stereocenters. The molecule has 1 aliphatic rings. The number of carbonyl (C=O) groups is 3. The van der Waals surface area contributed by atoms with Gasteiger partial charge in [-0.2, -0.15) is 0 Å². The molecule has 4 amide bonds. The van der Waals surface area contributed by atoms with Gasteiger partial charge in [-0.3, -0.25) is 14.5 Å². The van der Waals surface area contributed by atoms with E-state index in [0.29, 0.717) is 20.6 Å². The monoisotopic (exact) mass is 473 g/mol. The SMILES string of the molecule is O=C(NCc1ccc(Cl)cc1Cl)[C@@H]1CCC(=O)N1C(=O)Nc1ccc(Cl)cc1Cl. The fraction of sp³-hybridized carbons (Fsp3) is 0.211. The summed E-state index contributed by atoms with van der Waals surface area (Å²) in [7, 11) is 0. The average molecular weight is 475 g/mol. The van der Waals surface area contributed by atoms with Crippen molar-refractivity contribution in [3.8, 4) is 0 Å². The number of nitrogens with one attached hydrogen (secondary N) is 2. The van der Waals surface area contributed by atoms with E-state index in [0.717, 1.165) is 4.90 Å². The number of benzene rings is 2. The third-order valence-electron chi connectivity index (χ3n) is 4.37. The molecule has 1 heterocycles. The minimum Gasteiger partial charge on any atom is -0.350 e. The molecule has 2 N–H and O–H groups in total. The smallest absolute Gasteiger partial charge is 0.329 e. The lowest BCUT2D eigenvalue weighted by Gasteiger charge is -2.23. The highest BCUT2D eigenvalue weighted by Crippen LogP contribution is 2.27. The first-order valence-corrected chi connectivity index (χ1v) is 10.1. The van der Waals surface area contributed by atoms with E-state index in [1.807, 2.05) is 0 Å². The number of rotatable bonds is 4. The molecule has 0 spiro atoms. The number of amides is 4. The number of carbonyl (C=O) groups excluding carboxylic acids is 3. The van der Waals surface area contributed by atoms with E-state index in [1.54, 1.807) is 24.3 Å². The van der Waals surface area contributed by atoms with E-state index in [-0.39, 0.29) is 30.1 Å². The normalized spacial score (nSPS) is 16.1. The van der Waals surface area contributed by atoms with E-state index in [1.165, 1.54) is 12.1 Å². The first kappa shape index (κ1) is 21.7. The summed E-state index contributed by atoms with van der Waals surface area (Å²) < 4.78 is 0. The van der Waals surface area contributed by atoms with E-state index in [4.69, 9.17) is 46.4 Å². The predicted octanol–water partition coefficient (Wildman–Crippen LogP) is 5.14. The van der Waals surface area contributed by atoms with Crippen LogP contribution in [0.25, 0.3) is 0 Å². The quantitative estimate of drug-likeness (QED) is 0.643. The zero-order valence-electron chi connectivity index (χ0n) is 14.8. The van der Waals surface area contributed by atoms with Crippen molar-refractivity contribution in [2.75, 3.05) is 5.32 Å². The molecule has 1 aliphatic heterocycles. The molecule has 1 saturated heterocycles. The molecule has 29 heavy (non-hydrogen) atoms. The standard InChI is InChI=1S/C19H15Cl4N3O3/c20-11-2-1-10(13(22)7-11)9-24-18(28)16-5-6-17(27)26(16)19(29)25-15-4-3-12(21)8-14(15)23/h1-4,7-8,16H,5-6,9H2,(H,24,28)(H,25,29)/t16-/m0/s1. The lowest BCUT2D eigenvalue weighted by molar-refractivity contribution is -0.132. The van der Waals surface area contributed by atoms with Crippen molar-refractivity contribution >= 4 is 69.9 Å². The molecule has 6 nitrogen and oxygen atoms in total. The van der Waals surface area contributed by atoms with Crippen LogP contribution in [0.3, 0.4) is 0 Å². The van der Waals surface area contributed by atoms with E-state index in [2.05, 4.69) is 10.6 Å². The Bertz CT molecular complexity index is 983. The lowest BCUT2D eigenvalue weighted by Crippen LogP contribution is -2.49. The van der Waals surface area contributed by atoms with E-state index in [9.17, 15) is 14.4 Å². The first-order valence-electron chi connectivity index (χ1n) is 8.56. The zero-order chi connectivity index (χ0) is 21.1. The second-order valence-electron chi connectivity index (χ2n) is 6.33. The molecule has 1 atom stereocenters. The Morgan fingerprint density at radius 2 is 1.66 bits per heavy atom. The lowest BCUT2D eigenvalue weighted by atomic mass is 10.2. The molecule has 0 aliphatic carbocycles. The number of hydrogen-bond acceptors (Lipinski definition) is 3. The number of hydrogen-bond donors (Lipinski definition) is 2. The summed E-state index contributed by atoms with van der Waals surface area (Å²) in [4.78, 5) is 38.4. The summed E-state index contributed by atoms with van der Waals surface area (Å²) in [6.07, 6.45) is 0.308. The predicted molar refractivity (Wildman–Crippen MR) is 114 cm³/mol. The van der Waals surface area contributed by atoms with Crippen molar-refractivity contribution in [2.45, 2.75) is 25.4 Å². The van der Waals surface area contributed by atoms with Crippen LogP contribution in [-0.2, 0) is 16.1 Å². The molecule has 152 valence electrons. The minimum absolute atomic E-state index is 0.0849. The van der Waals surface area contributed by atoms with Crippen molar-refractivity contribution in [1.29, 1.82) is 0 Å². The molecule has 1 fully saturated rings. The Morgan fingerprint density at radius 1 is 1.00 bits per heavy atom. The van der Waals surface area contributed by atoms with Crippen molar-refractivity contribution in [2.24, 2.45) is 0 Å². The van der Waals surface area contributed by atoms with Gasteiger partial charge in [0.1, 0.15) is 6.04 Å². The Balaban J connectivity index is 1.68. The van der Waals surface area contributed by atoms with Crippen molar-refractivity contribution < 1.29 is 14.4 Å². The number of likely N-dealkylation sites (tertiary alicyclic amines) is 1. The molecule has 0 saturated carbocycles. The summed E-state index contributed by atoms with van der Waals surface area (Å²) >= 11 is 23.9. The summed E-state index contributed by atoms with van der Waals surface area (Å²) in [5, 5.41) is 6.76. The molecular weight excluding hydrogens is 460 g/mol. The highest BCUT2D eigenvalue weighted by Gasteiger charge is 2.40. The van der Waals surface area contributed by atoms with Crippen molar-refractivity contribution in [1.82, 2.24) is 10.2 Å². The first-order chi connectivity index (χ1) is 13.8. The van der Waals surface area contributed by atoms with Crippen LogP contribution >= 0.6 is 46.4 Å². The molecule has 2 aromatic rings. The molecule has 0 bridgehead atoms. The maximum Gasteiger partial charge on any atom is 0.329 e. The molecule has 10 heteroatoms. The van der Waals surface area contributed by atoms with Gasteiger partial charge in [0.05, 0.1) is 10.7 Å². The van der Waals surface area contributed by atoms with Gasteiger partial charge in [-0.05, 0) is 42.3 Å². The van der Waals surface area contributed by atoms with Crippen molar-refractivity contribution in [3.05, 3.63) is 62.1 Å². The van der Waals surface area contributed by atoms with Gasteiger partial charge >= 0.3 is 6.03 Å². The molecular formula is C19H15Cl4N3O3. The van der Waals surface area contributed by atoms with Crippen LogP contribution in [-0.4, -0.2) is 28.8 Å². The number of halogens is 4. The van der Waals surface area contributed by atoms with Crippen LogP contribution < -0.4 is 10.6 Å². The van der Waals surface area contributed by atoms with Crippen LogP contribution in [0.15, 0.2) is 36.4 Å². The highest BCUT2D eigenvalue weighted by atomic mass is 35.5. The maximum absolute atomic E-state index is 12.6. The summed E-state index contributed by atoms with van der Waals surface area (Å²) in [6.45, 7) is 0.137. The Morgan fingerprint density at radius 3 is 2.31 bits per heavy atom. The van der Waals surface area contributed by atoms with E-state index < -0.39 is 23.9 Å². The molecule has 3 rings (SSSR count). The maximum atomic E-state index is 12.6. The van der Waals surface area contributed by atoms with Gasteiger partial charge in [0, 0.05) is 28.0 Å². The Labute approximate surface area is 187 Å². The zero-order valence-corrected chi connectivity index (χ0v) is 17.9. The highest BCUT2D eigenvalue weighted by molar-refractivity contribution is 6.37. The minimum atomic E-state index is -0.931. The largest absolute Gasteiger partial charge is 0.350 e. The van der Waals surface area contributed by atoms with Gasteiger partial charge in [0.25, 0.3) is 0 Å². The van der Waals surface area contributed by atoms with Crippen LogP contribution in [0.1, 0.15) is 18.4 Å². The summed E-state index contributed by atoms with van der Waals surface area (Å²) in [6, 6.07) is 7.78. The van der Waals surface area contributed by atoms with Crippen molar-refractivity contribution in [3.63, 3.8) is 0 Å². The van der Waals surface area contributed by atoms with Crippen LogP contribution in [0.2, 0.25) is 20.1 Å². The fourth-order valence-corrected chi connectivity index (χ4v) is 3.85. The number of urea groups is 1. The number of anilines is 1. The van der Waals surface area contributed by atoms with Crippen LogP contribution in [0, 0.1) is 0 Å². The van der Waals surface area contributed by atoms with Gasteiger partial charge in [0.2, 0.25) is 11.8 Å². The van der Waals surface area contributed by atoms with Gasteiger partial charge in [-0.25, -0.2) is 4.79 Å². The topological polar surface area (TPSA) is 78.5 Å². The second kappa shape index (κ2) is 9.22. The number of imide groups is 1. The second-order valence-corrected chi connectivity index (χ2v) is 8.01.